The van der Waals surface area contributed by atoms with Crippen LogP contribution in [0.1, 0.15) is 30.6 Å². The van der Waals surface area contributed by atoms with Gasteiger partial charge >= 0.3 is 0 Å². The summed E-state index contributed by atoms with van der Waals surface area (Å²) in [6.07, 6.45) is 0.629. The van der Waals surface area contributed by atoms with Gasteiger partial charge in [-0.3, -0.25) is 19.7 Å². The van der Waals surface area contributed by atoms with Crippen LogP contribution in [0.15, 0.2) is 48.5 Å². The first-order chi connectivity index (χ1) is 12.8. The number of hydrogen-bond acceptors (Lipinski definition) is 4. The van der Waals surface area contributed by atoms with Crippen molar-refractivity contribution in [2.75, 3.05) is 11.9 Å². The Morgan fingerprint density at radius 1 is 1.22 bits per heavy atom. The molecule has 0 aliphatic heterocycles. The molecule has 0 heterocycles. The highest BCUT2D eigenvalue weighted by molar-refractivity contribution is 6.32. The second kappa shape index (κ2) is 9.14. The first kappa shape index (κ1) is 20.4. The first-order valence-corrected chi connectivity index (χ1v) is 8.83. The molecule has 0 radical (unpaired) electrons. The molecule has 0 saturated carbocycles. The van der Waals surface area contributed by atoms with Crippen LogP contribution in [0, 0.1) is 10.1 Å². The van der Waals surface area contributed by atoms with E-state index in [0.29, 0.717) is 18.7 Å². The average molecular weight is 390 g/mol. The maximum absolute atomic E-state index is 12.9. The number of carbonyl (C=O) groups excluding carboxylic acids is 2. The highest BCUT2D eigenvalue weighted by atomic mass is 35.5. The van der Waals surface area contributed by atoms with E-state index in [-0.39, 0.29) is 22.2 Å². The minimum absolute atomic E-state index is 0.0477. The molecular weight excluding hydrogens is 370 g/mol. The topological polar surface area (TPSA) is 92.6 Å². The molecule has 142 valence electrons. The summed E-state index contributed by atoms with van der Waals surface area (Å²) in [5, 5.41) is 13.8. The SMILES string of the molecule is CCCN(C(=O)c1ccc(Cl)c([N+](=O)[O-])c1)[C@H](C)C(=O)Nc1ccccc1. The van der Waals surface area contributed by atoms with Gasteiger partial charge in [0.25, 0.3) is 11.6 Å². The zero-order chi connectivity index (χ0) is 20.0. The predicted octanol–water partition coefficient (Wildman–Crippen LogP) is 4.13. The molecular formula is C19H20ClN3O4. The van der Waals surface area contributed by atoms with Gasteiger partial charge in [0.15, 0.2) is 0 Å². The van der Waals surface area contributed by atoms with Gasteiger partial charge in [0.1, 0.15) is 11.1 Å². The molecule has 0 spiro atoms. The Morgan fingerprint density at radius 3 is 2.48 bits per heavy atom. The number of halogens is 1. The Labute approximate surface area is 162 Å². The highest BCUT2D eigenvalue weighted by Gasteiger charge is 2.27. The van der Waals surface area contributed by atoms with Gasteiger partial charge < -0.3 is 10.2 Å². The number of nitrogens with one attached hydrogen (secondary N) is 1. The molecule has 7 nitrogen and oxygen atoms in total. The van der Waals surface area contributed by atoms with Gasteiger partial charge in [-0.05, 0) is 37.6 Å². The van der Waals surface area contributed by atoms with Crippen LogP contribution in [0.4, 0.5) is 11.4 Å². The highest BCUT2D eigenvalue weighted by Crippen LogP contribution is 2.26. The quantitative estimate of drug-likeness (QED) is 0.569. The van der Waals surface area contributed by atoms with Crippen molar-refractivity contribution in [1.29, 1.82) is 0 Å². The molecule has 2 aromatic rings. The van der Waals surface area contributed by atoms with E-state index in [0.717, 1.165) is 6.07 Å². The number of para-hydroxylation sites is 1. The third kappa shape index (κ3) is 5.04. The van der Waals surface area contributed by atoms with Crippen LogP contribution >= 0.6 is 11.6 Å². The van der Waals surface area contributed by atoms with E-state index < -0.39 is 16.9 Å². The summed E-state index contributed by atoms with van der Waals surface area (Å²) in [6.45, 7) is 3.83. The van der Waals surface area contributed by atoms with Gasteiger partial charge in [0, 0.05) is 23.9 Å². The molecule has 2 aromatic carbocycles. The lowest BCUT2D eigenvalue weighted by atomic mass is 10.1. The first-order valence-electron chi connectivity index (χ1n) is 8.46. The molecule has 0 aliphatic carbocycles. The number of amides is 2. The molecule has 1 N–H and O–H groups in total. The molecule has 27 heavy (non-hydrogen) atoms. The van der Waals surface area contributed by atoms with E-state index in [1.807, 2.05) is 13.0 Å². The van der Waals surface area contributed by atoms with Gasteiger partial charge in [0.2, 0.25) is 5.91 Å². The normalized spacial score (nSPS) is 11.5. The monoisotopic (exact) mass is 389 g/mol. The zero-order valence-electron chi connectivity index (χ0n) is 15.0. The Hall–Kier alpha value is -2.93. The maximum Gasteiger partial charge on any atom is 0.288 e. The standard InChI is InChI=1S/C19H20ClN3O4/c1-3-11-22(13(2)18(24)21-15-7-5-4-6-8-15)19(25)14-9-10-16(20)17(12-14)23(26)27/h4-10,12-13H,3,11H2,1-2H3,(H,21,24)/t13-/m1/s1. The number of nitro groups is 1. The smallest absolute Gasteiger partial charge is 0.288 e. The van der Waals surface area contributed by atoms with Crippen LogP contribution in [0.3, 0.4) is 0 Å². The van der Waals surface area contributed by atoms with E-state index in [4.69, 9.17) is 11.6 Å². The van der Waals surface area contributed by atoms with Gasteiger partial charge in [0.05, 0.1) is 4.92 Å². The van der Waals surface area contributed by atoms with E-state index >= 15 is 0 Å². The van der Waals surface area contributed by atoms with Crippen LogP contribution in [0.2, 0.25) is 5.02 Å². The number of anilines is 1. The summed E-state index contributed by atoms with van der Waals surface area (Å²) >= 11 is 5.81. The van der Waals surface area contributed by atoms with Crippen LogP contribution in [0.25, 0.3) is 0 Å². The molecule has 2 amide bonds. The lowest BCUT2D eigenvalue weighted by Crippen LogP contribution is -2.46. The summed E-state index contributed by atoms with van der Waals surface area (Å²) in [5.41, 5.74) is 0.389. The molecule has 0 unspecified atom stereocenters. The van der Waals surface area contributed by atoms with Crippen molar-refractivity contribution in [3.8, 4) is 0 Å². The molecule has 2 rings (SSSR count). The number of carbonyl (C=O) groups is 2. The predicted molar refractivity (Wildman–Crippen MR) is 104 cm³/mol. The number of nitro benzene ring substituents is 1. The summed E-state index contributed by atoms with van der Waals surface area (Å²) in [4.78, 5) is 37.3. The lowest BCUT2D eigenvalue weighted by Gasteiger charge is -2.28. The van der Waals surface area contributed by atoms with Crippen molar-refractivity contribution in [2.24, 2.45) is 0 Å². The largest absolute Gasteiger partial charge is 0.327 e. The molecule has 1 atom stereocenters. The number of rotatable bonds is 7. The molecule has 0 aromatic heterocycles. The Morgan fingerprint density at radius 2 is 1.89 bits per heavy atom. The summed E-state index contributed by atoms with van der Waals surface area (Å²) < 4.78 is 0. The fourth-order valence-corrected chi connectivity index (χ4v) is 2.76. The van der Waals surface area contributed by atoms with Crippen molar-refractivity contribution in [3.63, 3.8) is 0 Å². The molecule has 0 aliphatic rings. The zero-order valence-corrected chi connectivity index (χ0v) is 15.8. The van der Waals surface area contributed by atoms with Crippen molar-refractivity contribution >= 4 is 34.8 Å². The van der Waals surface area contributed by atoms with Crippen molar-refractivity contribution in [2.45, 2.75) is 26.3 Å². The van der Waals surface area contributed by atoms with Crippen molar-refractivity contribution < 1.29 is 14.5 Å². The maximum atomic E-state index is 12.9. The van der Waals surface area contributed by atoms with Crippen LogP contribution < -0.4 is 5.32 Å². The third-order valence-electron chi connectivity index (χ3n) is 4.00. The van der Waals surface area contributed by atoms with Gasteiger partial charge in [-0.25, -0.2) is 0 Å². The number of benzene rings is 2. The fraction of sp³-hybridized carbons (Fsp3) is 0.263. The summed E-state index contributed by atoms with van der Waals surface area (Å²) in [7, 11) is 0. The molecule has 0 saturated heterocycles. The van der Waals surface area contributed by atoms with Crippen LogP contribution in [-0.2, 0) is 4.79 Å². The van der Waals surface area contributed by atoms with Crippen molar-refractivity contribution in [3.05, 3.63) is 69.2 Å². The Balaban J connectivity index is 2.25. The van der Waals surface area contributed by atoms with Crippen molar-refractivity contribution in [1.82, 2.24) is 4.90 Å². The summed E-state index contributed by atoms with van der Waals surface area (Å²) in [6, 6.07) is 12.0. The van der Waals surface area contributed by atoms with Gasteiger partial charge in [-0.1, -0.05) is 36.7 Å². The van der Waals surface area contributed by atoms with Crippen LogP contribution in [0.5, 0.6) is 0 Å². The molecule has 0 bridgehead atoms. The summed E-state index contributed by atoms with van der Waals surface area (Å²) in [5.74, 6) is -0.807. The van der Waals surface area contributed by atoms with E-state index in [1.165, 1.54) is 17.0 Å². The van der Waals surface area contributed by atoms with Crippen LogP contribution in [-0.4, -0.2) is 34.2 Å². The Kier molecular flexibility index (Phi) is 6.90. The Bertz CT molecular complexity index is 842. The molecule has 0 fully saturated rings. The minimum atomic E-state index is -0.757. The average Bonchev–Trinajstić information content (AvgIpc) is 2.66. The third-order valence-corrected chi connectivity index (χ3v) is 4.32. The van der Waals surface area contributed by atoms with Gasteiger partial charge in [-0.15, -0.1) is 0 Å². The fourth-order valence-electron chi connectivity index (χ4n) is 2.57. The number of hydrogen-bond donors (Lipinski definition) is 1. The number of nitrogens with zero attached hydrogens (tertiary/aromatic N) is 2. The van der Waals surface area contributed by atoms with E-state index in [1.54, 1.807) is 31.2 Å². The van der Waals surface area contributed by atoms with E-state index in [2.05, 4.69) is 5.32 Å². The minimum Gasteiger partial charge on any atom is -0.327 e. The second-order valence-electron chi connectivity index (χ2n) is 5.95. The molecule has 8 heteroatoms. The van der Waals surface area contributed by atoms with Gasteiger partial charge in [-0.2, -0.15) is 0 Å². The second-order valence-corrected chi connectivity index (χ2v) is 6.36. The van der Waals surface area contributed by atoms with E-state index in [9.17, 15) is 19.7 Å². The lowest BCUT2D eigenvalue weighted by molar-refractivity contribution is -0.384.